The van der Waals surface area contributed by atoms with Crippen molar-refractivity contribution in [1.82, 2.24) is 5.16 Å². The topological polar surface area (TPSA) is 72.0 Å². The molecule has 1 atom stereocenters. The van der Waals surface area contributed by atoms with E-state index >= 15 is 0 Å². The molecule has 0 fully saturated rings. The lowest BCUT2D eigenvalue weighted by Crippen LogP contribution is -2.24. The zero-order chi connectivity index (χ0) is 8.55. The van der Waals surface area contributed by atoms with Crippen molar-refractivity contribution in [3.05, 3.63) is 21.7 Å². The van der Waals surface area contributed by atoms with Crippen molar-refractivity contribution >= 4 is 0 Å². The van der Waals surface area contributed by atoms with E-state index < -0.39 is 0 Å². The van der Waals surface area contributed by atoms with Crippen LogP contribution in [0.15, 0.2) is 9.32 Å². The van der Waals surface area contributed by atoms with Crippen molar-refractivity contribution in [2.75, 3.05) is 6.54 Å². The Balaban J connectivity index is 2.32. The van der Waals surface area contributed by atoms with Crippen LogP contribution < -0.4 is 11.4 Å². The van der Waals surface area contributed by atoms with E-state index in [9.17, 15) is 4.79 Å². The van der Waals surface area contributed by atoms with Crippen LogP contribution in [0.1, 0.15) is 17.7 Å². The quantitative estimate of drug-likeness (QED) is 0.621. The zero-order valence-corrected chi connectivity index (χ0v) is 6.80. The predicted molar refractivity (Wildman–Crippen MR) is 43.9 cm³/mol. The van der Waals surface area contributed by atoms with Crippen molar-refractivity contribution < 1.29 is 4.52 Å². The number of rotatable bonds is 1. The first-order chi connectivity index (χ1) is 5.81. The molecule has 0 bridgehead atoms. The fourth-order valence-electron chi connectivity index (χ4n) is 1.70. The van der Waals surface area contributed by atoms with Crippen LogP contribution in [0.3, 0.4) is 0 Å². The predicted octanol–water partition coefficient (Wildman–Crippen LogP) is 0.0315. The van der Waals surface area contributed by atoms with Gasteiger partial charge in [-0.15, -0.1) is 0 Å². The van der Waals surface area contributed by atoms with E-state index in [2.05, 4.69) is 9.68 Å². The molecule has 1 aliphatic carbocycles. The monoisotopic (exact) mass is 168 g/mol. The first-order valence-electron chi connectivity index (χ1n) is 4.20. The smallest absolute Gasteiger partial charge is 0.339 e. The Kier molecular flexibility index (Phi) is 1.77. The molecule has 0 amide bonds. The van der Waals surface area contributed by atoms with Gasteiger partial charge in [0.25, 0.3) is 0 Å². The minimum absolute atomic E-state index is 0.219. The van der Waals surface area contributed by atoms with Gasteiger partial charge >= 0.3 is 5.63 Å². The minimum atomic E-state index is -0.219. The molecule has 1 aromatic rings. The summed E-state index contributed by atoms with van der Waals surface area (Å²) < 4.78 is 4.69. The third-order valence-electron chi connectivity index (χ3n) is 2.51. The molecular formula is C8H12N2O2. The highest BCUT2D eigenvalue weighted by molar-refractivity contribution is 5.18. The number of fused-ring (bicyclic) bond motifs is 1. The summed E-state index contributed by atoms with van der Waals surface area (Å²) in [5, 5.41) is 2.64. The third-order valence-corrected chi connectivity index (χ3v) is 2.51. The van der Waals surface area contributed by atoms with Crippen molar-refractivity contribution in [1.29, 1.82) is 0 Å². The van der Waals surface area contributed by atoms with Gasteiger partial charge in [-0.05, 0) is 31.7 Å². The highest BCUT2D eigenvalue weighted by Gasteiger charge is 2.22. The van der Waals surface area contributed by atoms with E-state index in [-0.39, 0.29) is 5.63 Å². The Bertz CT molecular complexity index is 326. The van der Waals surface area contributed by atoms with Gasteiger partial charge in [-0.1, -0.05) is 0 Å². The van der Waals surface area contributed by atoms with Gasteiger partial charge in [0.05, 0.1) is 11.3 Å². The van der Waals surface area contributed by atoms with Crippen LogP contribution in [-0.4, -0.2) is 11.7 Å². The van der Waals surface area contributed by atoms with Gasteiger partial charge < -0.3 is 10.3 Å². The molecule has 2 rings (SSSR count). The van der Waals surface area contributed by atoms with E-state index in [1.165, 1.54) is 0 Å². The fourth-order valence-corrected chi connectivity index (χ4v) is 1.70. The summed E-state index contributed by atoms with van der Waals surface area (Å²) in [6, 6.07) is 0. The SMILES string of the molecule is NCC1CCc2[nH]oc(=O)c2C1. The van der Waals surface area contributed by atoms with Crippen LogP contribution in [-0.2, 0) is 12.8 Å². The molecule has 4 heteroatoms. The normalized spacial score (nSPS) is 22.2. The summed E-state index contributed by atoms with van der Waals surface area (Å²) in [7, 11) is 0. The molecule has 0 saturated heterocycles. The van der Waals surface area contributed by atoms with Gasteiger partial charge in [-0.3, -0.25) is 0 Å². The number of aromatic nitrogens is 1. The molecule has 0 spiro atoms. The van der Waals surface area contributed by atoms with Gasteiger partial charge in [0.1, 0.15) is 0 Å². The molecule has 12 heavy (non-hydrogen) atoms. The Labute approximate surface area is 69.7 Å². The molecule has 1 heterocycles. The number of aryl methyl sites for hydroxylation is 1. The lowest BCUT2D eigenvalue weighted by molar-refractivity contribution is 0.384. The Morgan fingerprint density at radius 3 is 3.25 bits per heavy atom. The number of nitrogens with two attached hydrogens (primary N) is 1. The maximum Gasteiger partial charge on any atom is 0.360 e. The standard InChI is InChI=1S/C8H12N2O2/c9-4-5-1-2-7-6(3-5)8(11)12-10-7/h5,10H,1-4,9H2. The second kappa shape index (κ2) is 2.79. The highest BCUT2D eigenvalue weighted by atomic mass is 16.5. The minimum Gasteiger partial charge on any atom is -0.339 e. The van der Waals surface area contributed by atoms with Crippen molar-refractivity contribution in [2.45, 2.75) is 19.3 Å². The van der Waals surface area contributed by atoms with E-state index in [0.29, 0.717) is 12.5 Å². The van der Waals surface area contributed by atoms with E-state index in [4.69, 9.17) is 5.73 Å². The number of aromatic amines is 1. The van der Waals surface area contributed by atoms with Gasteiger partial charge in [-0.25, -0.2) is 9.95 Å². The van der Waals surface area contributed by atoms with Crippen LogP contribution in [0, 0.1) is 5.92 Å². The Morgan fingerprint density at radius 2 is 2.50 bits per heavy atom. The van der Waals surface area contributed by atoms with Crippen LogP contribution in [0.4, 0.5) is 0 Å². The number of hydrogen-bond acceptors (Lipinski definition) is 3. The average molecular weight is 168 g/mol. The Hall–Kier alpha value is -1.03. The van der Waals surface area contributed by atoms with Gasteiger partial charge in [-0.2, -0.15) is 0 Å². The van der Waals surface area contributed by atoms with Crippen molar-refractivity contribution in [3.8, 4) is 0 Å². The van der Waals surface area contributed by atoms with Crippen LogP contribution in [0.2, 0.25) is 0 Å². The van der Waals surface area contributed by atoms with Crippen LogP contribution >= 0.6 is 0 Å². The van der Waals surface area contributed by atoms with Gasteiger partial charge in [0.2, 0.25) is 0 Å². The molecule has 66 valence electrons. The van der Waals surface area contributed by atoms with Crippen molar-refractivity contribution in [3.63, 3.8) is 0 Å². The molecule has 0 radical (unpaired) electrons. The maximum atomic E-state index is 11.1. The molecule has 0 saturated carbocycles. The lowest BCUT2D eigenvalue weighted by Gasteiger charge is -2.17. The van der Waals surface area contributed by atoms with Crippen LogP contribution in [0.25, 0.3) is 0 Å². The summed E-state index contributed by atoms with van der Waals surface area (Å²) in [6.45, 7) is 0.657. The first kappa shape index (κ1) is 7.61. The zero-order valence-electron chi connectivity index (χ0n) is 6.80. The molecule has 4 nitrogen and oxygen atoms in total. The summed E-state index contributed by atoms with van der Waals surface area (Å²) >= 11 is 0. The largest absolute Gasteiger partial charge is 0.360 e. The number of H-pyrrole nitrogens is 1. The molecule has 0 aliphatic heterocycles. The highest BCUT2D eigenvalue weighted by Crippen LogP contribution is 2.20. The molecule has 1 aromatic heterocycles. The molecule has 0 aromatic carbocycles. The third kappa shape index (κ3) is 1.08. The maximum absolute atomic E-state index is 11.1. The average Bonchev–Trinajstić information content (AvgIpc) is 2.47. The lowest BCUT2D eigenvalue weighted by atomic mass is 9.88. The van der Waals surface area contributed by atoms with Crippen molar-refractivity contribution in [2.24, 2.45) is 11.7 Å². The molecule has 1 aliphatic rings. The van der Waals surface area contributed by atoms with Gasteiger partial charge in [0, 0.05) is 0 Å². The molecular weight excluding hydrogens is 156 g/mol. The van der Waals surface area contributed by atoms with E-state index in [1.807, 2.05) is 0 Å². The molecule has 3 N–H and O–H groups in total. The summed E-state index contributed by atoms with van der Waals surface area (Å²) in [5.74, 6) is 0.455. The summed E-state index contributed by atoms with van der Waals surface area (Å²) in [5.41, 5.74) is 7.08. The molecule has 1 unspecified atom stereocenters. The summed E-state index contributed by atoms with van der Waals surface area (Å²) in [6.07, 6.45) is 2.72. The number of hydrogen-bond donors (Lipinski definition) is 2. The van der Waals surface area contributed by atoms with Crippen LogP contribution in [0.5, 0.6) is 0 Å². The van der Waals surface area contributed by atoms with Gasteiger partial charge in [0.15, 0.2) is 0 Å². The van der Waals surface area contributed by atoms with E-state index in [1.54, 1.807) is 0 Å². The summed E-state index contributed by atoms with van der Waals surface area (Å²) in [4.78, 5) is 11.1. The first-order valence-corrected chi connectivity index (χ1v) is 4.20. The Morgan fingerprint density at radius 1 is 1.67 bits per heavy atom. The fraction of sp³-hybridized carbons (Fsp3) is 0.625. The second-order valence-electron chi connectivity index (χ2n) is 3.29. The van der Waals surface area contributed by atoms with E-state index in [0.717, 1.165) is 30.5 Å². The second-order valence-corrected chi connectivity index (χ2v) is 3.29. The number of nitrogens with one attached hydrogen (secondary N) is 1.